The molecule has 2 nitrogen and oxygen atoms in total. The Balaban J connectivity index is 0.000000605. The van der Waals surface area contributed by atoms with E-state index in [0.29, 0.717) is 5.13 Å². The molecule has 0 amide bonds. The van der Waals surface area contributed by atoms with Crippen LogP contribution in [-0.2, 0) is 0 Å². The standard InChI is InChI=1S/C7H6N2S.Li.H/c8-7-9-5-3-1-2-4-6(5)10-7;;/h1-4H,(H2,8,9);;/q;+1;-1. The molecular weight excluding hydrogens is 151 g/mol. The van der Waals surface area contributed by atoms with Gasteiger partial charge in [-0.15, -0.1) is 0 Å². The van der Waals surface area contributed by atoms with Gasteiger partial charge in [0.1, 0.15) is 0 Å². The van der Waals surface area contributed by atoms with Gasteiger partial charge in [-0.25, -0.2) is 4.98 Å². The number of para-hydroxylation sites is 1. The summed E-state index contributed by atoms with van der Waals surface area (Å²) in [5.74, 6) is 0. The number of fused-ring (bicyclic) bond motifs is 1. The van der Waals surface area contributed by atoms with Gasteiger partial charge in [-0.2, -0.15) is 0 Å². The number of anilines is 1. The molecule has 0 bridgehead atoms. The minimum absolute atomic E-state index is 0. The van der Waals surface area contributed by atoms with Crippen LogP contribution in [0.5, 0.6) is 0 Å². The van der Waals surface area contributed by atoms with Crippen LogP contribution in [0.15, 0.2) is 24.3 Å². The molecule has 0 atom stereocenters. The molecule has 11 heavy (non-hydrogen) atoms. The molecule has 2 N–H and O–H groups in total. The topological polar surface area (TPSA) is 38.9 Å². The molecular formula is C7H7LiN2S. The van der Waals surface area contributed by atoms with Crippen molar-refractivity contribution in [1.82, 2.24) is 4.98 Å². The predicted octanol–water partition coefficient (Wildman–Crippen LogP) is -1.01. The molecule has 0 saturated carbocycles. The largest absolute Gasteiger partial charge is 1.00 e. The molecule has 2 aromatic rings. The number of thiazole rings is 1. The van der Waals surface area contributed by atoms with Gasteiger partial charge in [-0.05, 0) is 12.1 Å². The normalized spacial score (nSPS) is 9.45. The van der Waals surface area contributed by atoms with Gasteiger partial charge < -0.3 is 7.16 Å². The molecule has 0 radical (unpaired) electrons. The summed E-state index contributed by atoms with van der Waals surface area (Å²) >= 11 is 1.52. The number of nitrogens with zero attached hydrogens (tertiary/aromatic N) is 1. The molecule has 0 aliphatic rings. The Morgan fingerprint density at radius 1 is 1.36 bits per heavy atom. The fraction of sp³-hybridized carbons (Fsp3) is 0. The van der Waals surface area contributed by atoms with Crippen LogP contribution < -0.4 is 24.6 Å². The van der Waals surface area contributed by atoms with Gasteiger partial charge in [0, 0.05) is 0 Å². The minimum Gasteiger partial charge on any atom is -1.00 e. The van der Waals surface area contributed by atoms with E-state index < -0.39 is 0 Å². The first kappa shape index (κ1) is 8.60. The third-order valence-electron chi connectivity index (χ3n) is 1.31. The van der Waals surface area contributed by atoms with Crippen molar-refractivity contribution in [2.75, 3.05) is 5.73 Å². The molecule has 1 aromatic heterocycles. The summed E-state index contributed by atoms with van der Waals surface area (Å²) in [7, 11) is 0. The van der Waals surface area contributed by atoms with Gasteiger partial charge in [-0.3, -0.25) is 0 Å². The SMILES string of the molecule is Nc1nc2ccccc2s1.[H-].[Li+]. The fourth-order valence-electron chi connectivity index (χ4n) is 0.890. The molecule has 0 fully saturated rings. The first-order valence-electron chi connectivity index (χ1n) is 2.97. The van der Waals surface area contributed by atoms with Gasteiger partial charge in [0.25, 0.3) is 0 Å². The second kappa shape index (κ2) is 3.27. The van der Waals surface area contributed by atoms with Crippen molar-refractivity contribution in [3.8, 4) is 0 Å². The average Bonchev–Trinajstić information content (AvgIpc) is 2.27. The van der Waals surface area contributed by atoms with E-state index in [2.05, 4.69) is 4.98 Å². The Morgan fingerprint density at radius 2 is 2.09 bits per heavy atom. The third kappa shape index (κ3) is 1.56. The zero-order valence-electron chi connectivity index (χ0n) is 7.24. The summed E-state index contributed by atoms with van der Waals surface area (Å²) in [6.07, 6.45) is 0. The van der Waals surface area contributed by atoms with Crippen LogP contribution in [0.4, 0.5) is 5.13 Å². The molecule has 1 heterocycles. The van der Waals surface area contributed by atoms with Crippen molar-refractivity contribution in [1.29, 1.82) is 0 Å². The van der Waals surface area contributed by atoms with Crippen molar-refractivity contribution in [2.24, 2.45) is 0 Å². The van der Waals surface area contributed by atoms with Crippen LogP contribution in [0, 0.1) is 0 Å². The maximum Gasteiger partial charge on any atom is 1.00 e. The van der Waals surface area contributed by atoms with E-state index in [0.717, 1.165) is 10.2 Å². The number of hydrogen-bond donors (Lipinski definition) is 1. The summed E-state index contributed by atoms with van der Waals surface area (Å²) < 4.78 is 1.15. The fourth-order valence-corrected chi connectivity index (χ4v) is 1.62. The Labute approximate surface area is 82.1 Å². The number of nitrogens with two attached hydrogens (primary N) is 1. The number of nitrogen functional groups attached to an aromatic ring is 1. The van der Waals surface area contributed by atoms with E-state index in [-0.39, 0.29) is 20.3 Å². The molecule has 0 unspecified atom stereocenters. The molecule has 0 saturated heterocycles. The number of rotatable bonds is 0. The minimum atomic E-state index is 0. The van der Waals surface area contributed by atoms with Crippen LogP contribution in [0.2, 0.25) is 0 Å². The van der Waals surface area contributed by atoms with E-state index >= 15 is 0 Å². The number of hydrogen-bond acceptors (Lipinski definition) is 3. The summed E-state index contributed by atoms with van der Waals surface area (Å²) in [5, 5.41) is 0.640. The molecule has 4 heteroatoms. The zero-order valence-corrected chi connectivity index (χ0v) is 7.06. The van der Waals surface area contributed by atoms with Crippen LogP contribution in [0.1, 0.15) is 1.43 Å². The van der Waals surface area contributed by atoms with Crippen LogP contribution in [0.25, 0.3) is 10.2 Å². The summed E-state index contributed by atoms with van der Waals surface area (Å²) in [6, 6.07) is 7.92. The smallest absolute Gasteiger partial charge is 1.00 e. The van der Waals surface area contributed by atoms with Crippen molar-refractivity contribution in [3.05, 3.63) is 24.3 Å². The Bertz CT molecular complexity index is 330. The Kier molecular flexibility index (Phi) is 2.56. The monoisotopic (exact) mass is 158 g/mol. The summed E-state index contributed by atoms with van der Waals surface area (Å²) in [5.41, 5.74) is 6.49. The van der Waals surface area contributed by atoms with Gasteiger partial charge in [0.2, 0.25) is 0 Å². The molecule has 52 valence electrons. The first-order chi connectivity index (χ1) is 4.86. The van der Waals surface area contributed by atoms with Crippen molar-refractivity contribution >= 4 is 26.7 Å². The maximum atomic E-state index is 5.50. The van der Waals surface area contributed by atoms with E-state index in [1.807, 2.05) is 24.3 Å². The number of benzene rings is 1. The predicted molar refractivity (Wildman–Crippen MR) is 45.1 cm³/mol. The summed E-state index contributed by atoms with van der Waals surface area (Å²) in [4.78, 5) is 4.11. The van der Waals surface area contributed by atoms with Gasteiger partial charge >= 0.3 is 18.9 Å². The summed E-state index contributed by atoms with van der Waals surface area (Å²) in [6.45, 7) is 0. The average molecular weight is 158 g/mol. The van der Waals surface area contributed by atoms with Crippen LogP contribution in [-0.4, -0.2) is 4.98 Å². The van der Waals surface area contributed by atoms with Crippen LogP contribution in [0.3, 0.4) is 0 Å². The quantitative estimate of drug-likeness (QED) is 0.499. The van der Waals surface area contributed by atoms with Gasteiger partial charge in [0.15, 0.2) is 5.13 Å². The van der Waals surface area contributed by atoms with Gasteiger partial charge in [-0.1, -0.05) is 23.5 Å². The Morgan fingerprint density at radius 3 is 2.82 bits per heavy atom. The third-order valence-corrected chi connectivity index (χ3v) is 2.18. The van der Waals surface area contributed by atoms with Gasteiger partial charge in [0.05, 0.1) is 10.2 Å². The van der Waals surface area contributed by atoms with E-state index in [9.17, 15) is 0 Å². The second-order valence-electron chi connectivity index (χ2n) is 2.02. The van der Waals surface area contributed by atoms with Crippen molar-refractivity contribution in [3.63, 3.8) is 0 Å². The molecule has 1 aromatic carbocycles. The van der Waals surface area contributed by atoms with E-state index in [1.54, 1.807) is 0 Å². The van der Waals surface area contributed by atoms with Crippen molar-refractivity contribution in [2.45, 2.75) is 0 Å². The molecule has 0 aliphatic heterocycles. The first-order valence-corrected chi connectivity index (χ1v) is 3.79. The van der Waals surface area contributed by atoms with Crippen LogP contribution >= 0.6 is 11.3 Å². The van der Waals surface area contributed by atoms with E-state index in [4.69, 9.17) is 5.73 Å². The molecule has 0 spiro atoms. The molecule has 2 rings (SSSR count). The second-order valence-corrected chi connectivity index (χ2v) is 3.08. The zero-order chi connectivity index (χ0) is 6.97. The Hall–Kier alpha value is -0.493. The molecule has 0 aliphatic carbocycles. The van der Waals surface area contributed by atoms with E-state index in [1.165, 1.54) is 11.3 Å². The number of aromatic nitrogens is 1. The van der Waals surface area contributed by atoms with Crippen molar-refractivity contribution < 1.29 is 20.3 Å². The maximum absolute atomic E-state index is 5.50.